The lowest BCUT2D eigenvalue weighted by Crippen LogP contribution is -2.39. The smallest absolute Gasteiger partial charge is 0.321 e. The van der Waals surface area contributed by atoms with Gasteiger partial charge in [-0.05, 0) is 37.1 Å². The van der Waals surface area contributed by atoms with Crippen molar-refractivity contribution in [1.29, 1.82) is 0 Å². The molecule has 1 aromatic carbocycles. The van der Waals surface area contributed by atoms with E-state index in [4.69, 9.17) is 0 Å². The normalized spacial score (nSPS) is 15.9. The highest BCUT2D eigenvalue weighted by atomic mass is 19.1. The number of methoxy groups -OCH3 is 1. The Bertz CT molecular complexity index is 480. The second-order valence-electron chi connectivity index (χ2n) is 4.41. The summed E-state index contributed by atoms with van der Waals surface area (Å²) in [5, 5.41) is 0. The highest BCUT2D eigenvalue weighted by molar-refractivity contribution is 6.12. The maximum Gasteiger partial charge on any atom is 0.321 e. The number of anilines is 1. The van der Waals surface area contributed by atoms with Crippen LogP contribution in [0.1, 0.15) is 12.8 Å². The number of carbonyl (C=O) groups excluding carboxylic acids is 2. The largest absolute Gasteiger partial charge is 0.468 e. The van der Waals surface area contributed by atoms with Crippen LogP contribution in [-0.4, -0.2) is 26.0 Å². The van der Waals surface area contributed by atoms with Gasteiger partial charge in [0.2, 0.25) is 5.91 Å². The van der Waals surface area contributed by atoms with Crippen LogP contribution in [0.25, 0.3) is 0 Å². The van der Waals surface area contributed by atoms with Gasteiger partial charge in [0.05, 0.1) is 7.11 Å². The average molecular weight is 251 g/mol. The van der Waals surface area contributed by atoms with Gasteiger partial charge in [-0.3, -0.25) is 9.59 Å². The molecule has 1 saturated carbocycles. The third-order valence-electron chi connectivity index (χ3n) is 3.25. The van der Waals surface area contributed by atoms with Gasteiger partial charge in [0.15, 0.2) is 0 Å². The Hall–Kier alpha value is -1.91. The number of benzene rings is 1. The zero-order valence-corrected chi connectivity index (χ0v) is 10.3. The lowest BCUT2D eigenvalue weighted by molar-refractivity contribution is -0.151. The molecule has 4 nitrogen and oxygen atoms in total. The molecule has 0 atom stereocenters. The molecule has 0 radical (unpaired) electrons. The van der Waals surface area contributed by atoms with Crippen LogP contribution in [0.2, 0.25) is 0 Å². The van der Waals surface area contributed by atoms with E-state index in [-0.39, 0.29) is 11.7 Å². The number of carbonyl (C=O) groups is 2. The lowest BCUT2D eigenvalue weighted by Gasteiger charge is -2.22. The number of hydrogen-bond acceptors (Lipinski definition) is 3. The molecular weight excluding hydrogens is 237 g/mol. The third-order valence-corrected chi connectivity index (χ3v) is 3.25. The molecule has 1 aliphatic rings. The summed E-state index contributed by atoms with van der Waals surface area (Å²) in [6.45, 7) is 0. The monoisotopic (exact) mass is 251 g/mol. The summed E-state index contributed by atoms with van der Waals surface area (Å²) in [5.41, 5.74) is -0.477. The van der Waals surface area contributed by atoms with Crippen LogP contribution in [-0.2, 0) is 14.3 Å². The van der Waals surface area contributed by atoms with Crippen molar-refractivity contribution in [2.45, 2.75) is 12.8 Å². The van der Waals surface area contributed by atoms with Crippen molar-refractivity contribution in [3.8, 4) is 0 Å². The van der Waals surface area contributed by atoms with Gasteiger partial charge in [0.1, 0.15) is 11.2 Å². The van der Waals surface area contributed by atoms with Crippen LogP contribution >= 0.6 is 0 Å². The second-order valence-corrected chi connectivity index (χ2v) is 4.41. The van der Waals surface area contributed by atoms with E-state index in [1.165, 1.54) is 36.3 Å². The number of esters is 1. The maximum absolute atomic E-state index is 12.8. The number of halogens is 1. The van der Waals surface area contributed by atoms with Gasteiger partial charge in [-0.1, -0.05) is 0 Å². The predicted molar refractivity (Wildman–Crippen MR) is 63.5 cm³/mol. The Kier molecular flexibility index (Phi) is 3.07. The number of ether oxygens (including phenoxy) is 1. The van der Waals surface area contributed by atoms with Crippen molar-refractivity contribution in [1.82, 2.24) is 0 Å². The fraction of sp³-hybridized carbons (Fsp3) is 0.385. The molecule has 0 unspecified atom stereocenters. The van der Waals surface area contributed by atoms with Crippen molar-refractivity contribution < 1.29 is 18.7 Å². The predicted octanol–water partition coefficient (Wildman–Crippen LogP) is 1.74. The first kappa shape index (κ1) is 12.5. The first-order valence-corrected chi connectivity index (χ1v) is 5.63. The summed E-state index contributed by atoms with van der Waals surface area (Å²) in [6.07, 6.45) is 1.01. The Morgan fingerprint density at radius 2 is 1.83 bits per heavy atom. The van der Waals surface area contributed by atoms with E-state index in [2.05, 4.69) is 4.74 Å². The van der Waals surface area contributed by atoms with Gasteiger partial charge in [0.25, 0.3) is 0 Å². The van der Waals surface area contributed by atoms with Gasteiger partial charge in [-0.2, -0.15) is 0 Å². The van der Waals surface area contributed by atoms with Crippen LogP contribution in [0.4, 0.5) is 10.1 Å². The number of rotatable bonds is 3. The van der Waals surface area contributed by atoms with Gasteiger partial charge < -0.3 is 9.64 Å². The summed E-state index contributed by atoms with van der Waals surface area (Å²) in [6, 6.07) is 5.55. The highest BCUT2D eigenvalue weighted by Crippen LogP contribution is 2.48. The van der Waals surface area contributed by atoms with Crippen LogP contribution in [0, 0.1) is 11.2 Å². The van der Waals surface area contributed by atoms with Crippen LogP contribution in [0.3, 0.4) is 0 Å². The second kappa shape index (κ2) is 4.40. The molecular formula is C13H14FNO3. The third kappa shape index (κ3) is 1.96. The molecule has 5 heteroatoms. The van der Waals surface area contributed by atoms with Gasteiger partial charge in [-0.15, -0.1) is 0 Å². The first-order valence-electron chi connectivity index (χ1n) is 5.63. The lowest BCUT2D eigenvalue weighted by atomic mass is 10.1. The molecule has 0 spiro atoms. The molecule has 18 heavy (non-hydrogen) atoms. The van der Waals surface area contributed by atoms with E-state index in [9.17, 15) is 14.0 Å². The molecule has 1 aromatic rings. The first-order chi connectivity index (χ1) is 8.51. The van der Waals surface area contributed by atoms with Gasteiger partial charge >= 0.3 is 5.97 Å². The molecule has 0 saturated heterocycles. The molecule has 96 valence electrons. The summed E-state index contributed by atoms with van der Waals surface area (Å²) < 4.78 is 17.5. The minimum atomic E-state index is -1.03. The van der Waals surface area contributed by atoms with Crippen LogP contribution < -0.4 is 4.90 Å². The van der Waals surface area contributed by atoms with E-state index in [0.717, 1.165) is 0 Å². The van der Waals surface area contributed by atoms with Crippen molar-refractivity contribution in [3.63, 3.8) is 0 Å². The zero-order chi connectivity index (χ0) is 13.3. The molecule has 2 rings (SSSR count). The number of hydrogen-bond donors (Lipinski definition) is 0. The minimum absolute atomic E-state index is 0.305. The highest BCUT2D eigenvalue weighted by Gasteiger charge is 2.59. The number of nitrogens with zero attached hydrogens (tertiary/aromatic N) is 1. The zero-order valence-electron chi connectivity index (χ0n) is 10.3. The van der Waals surface area contributed by atoms with E-state index >= 15 is 0 Å². The van der Waals surface area contributed by atoms with Gasteiger partial charge in [0, 0.05) is 12.7 Å². The molecule has 1 fully saturated rings. The molecule has 0 aliphatic heterocycles. The minimum Gasteiger partial charge on any atom is -0.468 e. The summed E-state index contributed by atoms with van der Waals surface area (Å²) in [7, 11) is 2.84. The molecule has 0 heterocycles. The van der Waals surface area contributed by atoms with Gasteiger partial charge in [-0.25, -0.2) is 4.39 Å². The molecule has 0 N–H and O–H groups in total. The fourth-order valence-electron chi connectivity index (χ4n) is 1.93. The van der Waals surface area contributed by atoms with Crippen molar-refractivity contribution >= 4 is 17.6 Å². The summed E-state index contributed by atoms with van der Waals surface area (Å²) in [4.78, 5) is 25.2. The quantitative estimate of drug-likeness (QED) is 0.607. The van der Waals surface area contributed by atoms with Crippen LogP contribution in [0.5, 0.6) is 0 Å². The number of amides is 1. The Morgan fingerprint density at radius 1 is 1.28 bits per heavy atom. The topological polar surface area (TPSA) is 46.6 Å². The Labute approximate surface area is 104 Å². The van der Waals surface area contributed by atoms with E-state index in [1.54, 1.807) is 7.05 Å². The average Bonchev–Trinajstić information content (AvgIpc) is 3.18. The molecule has 0 bridgehead atoms. The molecule has 0 aromatic heterocycles. The maximum atomic E-state index is 12.8. The standard InChI is InChI=1S/C13H14FNO3/c1-15(10-5-3-9(14)4-6-10)11(16)13(7-8-13)12(17)18-2/h3-6H,7-8H2,1-2H3. The van der Waals surface area contributed by atoms with E-state index in [0.29, 0.717) is 18.5 Å². The fourth-order valence-corrected chi connectivity index (χ4v) is 1.93. The Morgan fingerprint density at radius 3 is 2.28 bits per heavy atom. The van der Waals surface area contributed by atoms with Crippen LogP contribution in [0.15, 0.2) is 24.3 Å². The SMILES string of the molecule is COC(=O)C1(C(=O)N(C)c2ccc(F)cc2)CC1. The molecule has 1 aliphatic carbocycles. The Balaban J connectivity index is 2.19. The molecule has 1 amide bonds. The van der Waals surface area contributed by atoms with Crippen molar-refractivity contribution in [2.24, 2.45) is 5.41 Å². The van der Waals surface area contributed by atoms with Crippen molar-refractivity contribution in [2.75, 3.05) is 19.1 Å². The van der Waals surface area contributed by atoms with E-state index < -0.39 is 11.4 Å². The van der Waals surface area contributed by atoms with Crippen molar-refractivity contribution in [3.05, 3.63) is 30.1 Å². The van der Waals surface area contributed by atoms with E-state index in [1.807, 2.05) is 0 Å². The summed E-state index contributed by atoms with van der Waals surface area (Å²) in [5.74, 6) is -1.17. The summed E-state index contributed by atoms with van der Waals surface area (Å²) >= 11 is 0.